The first-order valence-electron chi connectivity index (χ1n) is 7.69. The molecular formula is C15H29N3O3. The number of hydrogen-bond acceptors (Lipinski definition) is 3. The standard InChI is InChI=1S/C15H29N3O3/c1-15(2,3)12(13(19)20)17-14(21)16-9-10-18(4)11-7-5-6-8-11/h11-12H,5-10H2,1-4H3,(H,19,20)(H2,16,17,21)/t12-/m1/s1. The molecule has 0 aliphatic heterocycles. The highest BCUT2D eigenvalue weighted by molar-refractivity contribution is 5.83. The van der Waals surface area contributed by atoms with Crippen LogP contribution < -0.4 is 10.6 Å². The molecule has 0 heterocycles. The lowest BCUT2D eigenvalue weighted by molar-refractivity contribution is -0.141. The zero-order chi connectivity index (χ0) is 16.0. The number of rotatable bonds is 6. The number of carbonyl (C=O) groups excluding carboxylic acids is 1. The molecule has 0 unspecified atom stereocenters. The lowest BCUT2D eigenvalue weighted by atomic mass is 9.87. The third-order valence-corrected chi connectivity index (χ3v) is 4.09. The normalized spacial score (nSPS) is 17.8. The zero-order valence-corrected chi connectivity index (χ0v) is 13.6. The zero-order valence-electron chi connectivity index (χ0n) is 13.6. The first-order chi connectivity index (χ1) is 9.71. The van der Waals surface area contributed by atoms with E-state index in [1.54, 1.807) is 20.8 Å². The molecule has 1 rings (SSSR count). The Bertz CT molecular complexity index is 360. The van der Waals surface area contributed by atoms with Gasteiger partial charge in [0.05, 0.1) is 0 Å². The summed E-state index contributed by atoms with van der Waals surface area (Å²) in [5.41, 5.74) is -0.524. The molecule has 21 heavy (non-hydrogen) atoms. The summed E-state index contributed by atoms with van der Waals surface area (Å²) in [4.78, 5) is 25.3. The quantitative estimate of drug-likeness (QED) is 0.696. The summed E-state index contributed by atoms with van der Waals surface area (Å²) in [6.45, 7) is 6.68. The van der Waals surface area contributed by atoms with Crippen LogP contribution in [0.25, 0.3) is 0 Å². The maximum absolute atomic E-state index is 11.8. The number of carboxylic acid groups (broad SMARTS) is 1. The molecule has 0 saturated heterocycles. The van der Waals surface area contributed by atoms with E-state index < -0.39 is 23.5 Å². The Kier molecular flexibility index (Phi) is 6.45. The number of nitrogens with zero attached hydrogens (tertiary/aromatic N) is 1. The van der Waals surface area contributed by atoms with Crippen molar-refractivity contribution in [2.75, 3.05) is 20.1 Å². The van der Waals surface area contributed by atoms with Crippen molar-refractivity contribution >= 4 is 12.0 Å². The van der Waals surface area contributed by atoms with Crippen LogP contribution in [0.2, 0.25) is 0 Å². The predicted octanol–water partition coefficient (Wildman–Crippen LogP) is 1.66. The van der Waals surface area contributed by atoms with E-state index in [2.05, 4.69) is 22.6 Å². The Morgan fingerprint density at radius 3 is 2.33 bits per heavy atom. The molecule has 0 aromatic heterocycles. The SMILES string of the molecule is CN(CCNC(=O)N[C@H](C(=O)O)C(C)(C)C)C1CCCC1. The van der Waals surface area contributed by atoms with Gasteiger partial charge in [0.2, 0.25) is 0 Å². The van der Waals surface area contributed by atoms with Gasteiger partial charge in [-0.1, -0.05) is 33.6 Å². The second-order valence-corrected chi connectivity index (χ2v) is 6.96. The van der Waals surface area contributed by atoms with E-state index >= 15 is 0 Å². The minimum atomic E-state index is -1.01. The van der Waals surface area contributed by atoms with Gasteiger partial charge in [0.15, 0.2) is 0 Å². The summed E-state index contributed by atoms with van der Waals surface area (Å²) in [5.74, 6) is -1.01. The number of urea groups is 1. The maximum Gasteiger partial charge on any atom is 0.326 e. The number of carbonyl (C=O) groups is 2. The topological polar surface area (TPSA) is 81.7 Å². The van der Waals surface area contributed by atoms with Crippen molar-refractivity contribution < 1.29 is 14.7 Å². The summed E-state index contributed by atoms with van der Waals surface area (Å²) in [7, 11) is 2.07. The fourth-order valence-electron chi connectivity index (χ4n) is 2.70. The van der Waals surface area contributed by atoms with Crippen LogP contribution in [0.5, 0.6) is 0 Å². The summed E-state index contributed by atoms with van der Waals surface area (Å²) in [6.07, 6.45) is 5.03. The smallest absolute Gasteiger partial charge is 0.326 e. The highest BCUT2D eigenvalue weighted by atomic mass is 16.4. The Hall–Kier alpha value is -1.30. The van der Waals surface area contributed by atoms with Gasteiger partial charge in [0, 0.05) is 19.1 Å². The van der Waals surface area contributed by atoms with Crippen LogP contribution in [0.15, 0.2) is 0 Å². The van der Waals surface area contributed by atoms with Crippen molar-refractivity contribution in [2.24, 2.45) is 5.41 Å². The van der Waals surface area contributed by atoms with Crippen molar-refractivity contribution in [1.82, 2.24) is 15.5 Å². The summed E-state index contributed by atoms with van der Waals surface area (Å²) < 4.78 is 0. The van der Waals surface area contributed by atoms with Gasteiger partial charge in [-0.3, -0.25) is 0 Å². The van der Waals surface area contributed by atoms with Crippen molar-refractivity contribution in [3.63, 3.8) is 0 Å². The second kappa shape index (κ2) is 7.64. The van der Waals surface area contributed by atoms with Gasteiger partial charge in [-0.15, -0.1) is 0 Å². The van der Waals surface area contributed by atoms with Gasteiger partial charge in [0.25, 0.3) is 0 Å². The van der Waals surface area contributed by atoms with E-state index in [1.807, 2.05) is 0 Å². The fraction of sp³-hybridized carbons (Fsp3) is 0.867. The van der Waals surface area contributed by atoms with Gasteiger partial charge in [-0.2, -0.15) is 0 Å². The lowest BCUT2D eigenvalue weighted by Crippen LogP contribution is -2.53. The number of hydrogen-bond donors (Lipinski definition) is 3. The molecule has 0 radical (unpaired) electrons. The van der Waals surface area contributed by atoms with Crippen LogP contribution in [0.1, 0.15) is 46.5 Å². The molecule has 1 aliphatic rings. The molecule has 0 spiro atoms. The molecule has 0 aromatic rings. The van der Waals surface area contributed by atoms with Crippen molar-refractivity contribution in [1.29, 1.82) is 0 Å². The largest absolute Gasteiger partial charge is 0.480 e. The van der Waals surface area contributed by atoms with Crippen molar-refractivity contribution in [2.45, 2.75) is 58.5 Å². The molecule has 2 amide bonds. The first kappa shape index (κ1) is 17.8. The number of nitrogens with one attached hydrogen (secondary N) is 2. The molecule has 1 aliphatic carbocycles. The molecule has 0 bridgehead atoms. The van der Waals surface area contributed by atoms with Crippen molar-refractivity contribution in [3.05, 3.63) is 0 Å². The van der Waals surface area contributed by atoms with Gasteiger partial charge in [-0.05, 0) is 25.3 Å². The molecule has 6 nitrogen and oxygen atoms in total. The average molecular weight is 299 g/mol. The molecule has 1 fully saturated rings. The van der Waals surface area contributed by atoms with Crippen LogP contribution in [-0.2, 0) is 4.79 Å². The first-order valence-corrected chi connectivity index (χ1v) is 7.69. The summed E-state index contributed by atoms with van der Waals surface area (Å²) >= 11 is 0. The molecule has 3 N–H and O–H groups in total. The minimum absolute atomic E-state index is 0.419. The van der Waals surface area contributed by atoms with Crippen LogP contribution in [0.4, 0.5) is 4.79 Å². The van der Waals surface area contributed by atoms with Gasteiger partial charge in [-0.25, -0.2) is 9.59 Å². The van der Waals surface area contributed by atoms with Crippen LogP contribution >= 0.6 is 0 Å². The lowest BCUT2D eigenvalue weighted by Gasteiger charge is -2.28. The predicted molar refractivity (Wildman–Crippen MR) is 82.3 cm³/mol. The van der Waals surface area contributed by atoms with Gasteiger partial charge in [0.1, 0.15) is 6.04 Å². The van der Waals surface area contributed by atoms with Crippen molar-refractivity contribution in [3.8, 4) is 0 Å². The maximum atomic E-state index is 11.8. The molecule has 1 saturated carbocycles. The number of likely N-dealkylation sites (N-methyl/N-ethyl adjacent to an activating group) is 1. The van der Waals surface area contributed by atoms with E-state index in [9.17, 15) is 9.59 Å². The Morgan fingerprint density at radius 2 is 1.86 bits per heavy atom. The average Bonchev–Trinajstić information content (AvgIpc) is 2.87. The molecule has 122 valence electrons. The number of amides is 2. The van der Waals surface area contributed by atoms with E-state index in [0.717, 1.165) is 6.54 Å². The third-order valence-electron chi connectivity index (χ3n) is 4.09. The summed E-state index contributed by atoms with van der Waals surface area (Å²) in [5, 5.41) is 14.4. The van der Waals surface area contributed by atoms with E-state index in [4.69, 9.17) is 5.11 Å². The van der Waals surface area contributed by atoms with Gasteiger partial charge >= 0.3 is 12.0 Å². The Morgan fingerprint density at radius 1 is 1.29 bits per heavy atom. The highest BCUT2D eigenvalue weighted by Gasteiger charge is 2.32. The Balaban J connectivity index is 2.31. The molecular weight excluding hydrogens is 270 g/mol. The van der Waals surface area contributed by atoms with Crippen LogP contribution in [-0.4, -0.2) is 54.2 Å². The molecule has 0 aromatic carbocycles. The minimum Gasteiger partial charge on any atom is -0.480 e. The highest BCUT2D eigenvalue weighted by Crippen LogP contribution is 2.22. The second-order valence-electron chi connectivity index (χ2n) is 6.96. The molecule has 6 heteroatoms. The van der Waals surface area contributed by atoms with Gasteiger partial charge < -0.3 is 20.6 Å². The third kappa shape index (κ3) is 5.91. The van der Waals surface area contributed by atoms with E-state index in [1.165, 1.54) is 25.7 Å². The monoisotopic (exact) mass is 299 g/mol. The van der Waals surface area contributed by atoms with E-state index in [-0.39, 0.29) is 0 Å². The van der Waals surface area contributed by atoms with Crippen LogP contribution in [0.3, 0.4) is 0 Å². The van der Waals surface area contributed by atoms with E-state index in [0.29, 0.717) is 12.6 Å². The number of carboxylic acids is 1. The number of aliphatic carboxylic acids is 1. The van der Waals surface area contributed by atoms with Crippen LogP contribution in [0, 0.1) is 5.41 Å². The Labute approximate surface area is 127 Å². The summed E-state index contributed by atoms with van der Waals surface area (Å²) in [6, 6.07) is -0.696. The fourth-order valence-corrected chi connectivity index (χ4v) is 2.70. The molecule has 1 atom stereocenters.